The predicted octanol–water partition coefficient (Wildman–Crippen LogP) is 10.4. The van der Waals surface area contributed by atoms with E-state index in [1.165, 1.54) is 19.3 Å². The summed E-state index contributed by atoms with van der Waals surface area (Å²) in [6.45, 7) is 1.99. The van der Waals surface area contributed by atoms with E-state index in [0.29, 0.717) is 56.1 Å². The Morgan fingerprint density at radius 2 is 0.941 bits per heavy atom. The molecule has 1 atom stereocenters. The summed E-state index contributed by atoms with van der Waals surface area (Å²) in [6.07, 6.45) is 13.2. The number of unbranched alkanes of at least 4 members (excludes halogenated alkanes) is 7. The van der Waals surface area contributed by atoms with Crippen LogP contribution in [0.3, 0.4) is 0 Å². The fraction of sp³-hybridized carbons (Fsp3) is 0.333. The lowest BCUT2D eigenvalue weighted by molar-refractivity contribution is -0.143. The molecule has 4 aromatic carbocycles. The SMILES string of the molecule is C#CCCCCCCCCCO[C@H]1OC(COCc2ccccc2)=C(OCc2ccccc2)C(OCc2ccccc2)=C1OCc1ccccc1. The Bertz CT molecular complexity index is 1640. The van der Waals surface area contributed by atoms with Crippen molar-refractivity contribution in [1.82, 2.24) is 0 Å². The lowest BCUT2D eigenvalue weighted by atomic mass is 10.1. The van der Waals surface area contributed by atoms with E-state index in [-0.39, 0.29) is 6.61 Å². The maximum absolute atomic E-state index is 6.64. The molecule has 0 aromatic heterocycles. The molecule has 0 N–H and O–H groups in total. The normalized spacial score (nSPS) is 14.1. The maximum atomic E-state index is 6.64. The first-order chi connectivity index (χ1) is 25.3. The van der Waals surface area contributed by atoms with Gasteiger partial charge in [-0.3, -0.25) is 0 Å². The number of hydrogen-bond donors (Lipinski definition) is 0. The largest absolute Gasteiger partial charge is 0.483 e. The second kappa shape index (κ2) is 22.0. The summed E-state index contributed by atoms with van der Waals surface area (Å²) in [4.78, 5) is 0. The van der Waals surface area contributed by atoms with E-state index in [2.05, 4.69) is 5.92 Å². The fourth-order valence-electron chi connectivity index (χ4n) is 5.64. The van der Waals surface area contributed by atoms with Crippen LogP contribution in [0.4, 0.5) is 0 Å². The number of hydrogen-bond acceptors (Lipinski definition) is 6. The molecule has 0 fully saturated rings. The summed E-state index contributed by atoms with van der Waals surface area (Å²) in [7, 11) is 0. The van der Waals surface area contributed by atoms with Crippen molar-refractivity contribution in [3.63, 3.8) is 0 Å². The van der Waals surface area contributed by atoms with Gasteiger partial charge in [0.05, 0.1) is 13.2 Å². The minimum Gasteiger partial charge on any atom is -0.483 e. The van der Waals surface area contributed by atoms with Crippen molar-refractivity contribution >= 4 is 0 Å². The smallest absolute Gasteiger partial charge is 0.262 e. The van der Waals surface area contributed by atoms with Gasteiger partial charge >= 0.3 is 0 Å². The van der Waals surface area contributed by atoms with E-state index < -0.39 is 6.29 Å². The van der Waals surface area contributed by atoms with Crippen LogP contribution >= 0.6 is 0 Å². The van der Waals surface area contributed by atoms with Gasteiger partial charge in [-0.15, -0.1) is 12.3 Å². The van der Waals surface area contributed by atoms with Crippen LogP contribution in [0.15, 0.2) is 144 Å². The minimum absolute atomic E-state index is 0.155. The Labute approximate surface area is 304 Å². The second-order valence-corrected chi connectivity index (χ2v) is 12.5. The van der Waals surface area contributed by atoms with Gasteiger partial charge in [0.2, 0.25) is 17.3 Å². The third-order valence-electron chi connectivity index (χ3n) is 8.42. The second-order valence-electron chi connectivity index (χ2n) is 12.5. The molecule has 0 aliphatic carbocycles. The van der Waals surface area contributed by atoms with Gasteiger partial charge < -0.3 is 28.4 Å². The van der Waals surface area contributed by atoms with Crippen LogP contribution in [0.5, 0.6) is 0 Å². The summed E-state index contributed by atoms with van der Waals surface area (Å²) >= 11 is 0. The molecule has 51 heavy (non-hydrogen) atoms. The molecule has 1 aliphatic rings. The van der Waals surface area contributed by atoms with E-state index in [4.69, 9.17) is 34.8 Å². The van der Waals surface area contributed by atoms with Crippen molar-refractivity contribution < 1.29 is 28.4 Å². The van der Waals surface area contributed by atoms with E-state index in [9.17, 15) is 0 Å². The molecule has 0 radical (unpaired) electrons. The summed E-state index contributed by atoms with van der Waals surface area (Å²) in [5, 5.41) is 0. The van der Waals surface area contributed by atoms with Gasteiger partial charge in [-0.05, 0) is 35.1 Å². The van der Waals surface area contributed by atoms with Crippen molar-refractivity contribution in [2.45, 2.75) is 84.1 Å². The van der Waals surface area contributed by atoms with Gasteiger partial charge in [-0.25, -0.2) is 0 Å². The van der Waals surface area contributed by atoms with Crippen molar-refractivity contribution in [3.05, 3.63) is 167 Å². The van der Waals surface area contributed by atoms with Crippen LogP contribution in [0.25, 0.3) is 0 Å². The summed E-state index contributed by atoms with van der Waals surface area (Å²) in [5.74, 6) is 4.56. The van der Waals surface area contributed by atoms with Crippen LogP contribution in [0.1, 0.15) is 73.6 Å². The van der Waals surface area contributed by atoms with Gasteiger partial charge in [-0.1, -0.05) is 153 Å². The van der Waals surface area contributed by atoms with E-state index in [1.54, 1.807) is 0 Å². The Morgan fingerprint density at radius 1 is 0.490 bits per heavy atom. The fourth-order valence-corrected chi connectivity index (χ4v) is 5.64. The zero-order valence-corrected chi connectivity index (χ0v) is 29.6. The van der Waals surface area contributed by atoms with E-state index in [0.717, 1.165) is 54.4 Å². The molecule has 6 heteroatoms. The quantitative estimate of drug-likeness (QED) is 0.0572. The molecule has 0 spiro atoms. The van der Waals surface area contributed by atoms with Crippen molar-refractivity contribution in [3.8, 4) is 12.3 Å². The van der Waals surface area contributed by atoms with Crippen molar-refractivity contribution in [1.29, 1.82) is 0 Å². The Balaban J connectivity index is 1.39. The Hall–Kier alpha value is -4.96. The first-order valence-corrected chi connectivity index (χ1v) is 18.1. The molecular weight excluding hydrogens is 636 g/mol. The highest BCUT2D eigenvalue weighted by Gasteiger charge is 2.36. The first kappa shape index (κ1) is 37.3. The van der Waals surface area contributed by atoms with Crippen LogP contribution < -0.4 is 0 Å². The zero-order valence-electron chi connectivity index (χ0n) is 29.6. The van der Waals surface area contributed by atoms with Gasteiger partial charge in [0.1, 0.15) is 26.4 Å². The third-order valence-corrected chi connectivity index (χ3v) is 8.42. The van der Waals surface area contributed by atoms with Crippen LogP contribution in [-0.4, -0.2) is 19.5 Å². The Kier molecular flexibility index (Phi) is 16.1. The highest BCUT2D eigenvalue weighted by atomic mass is 16.7. The molecular formula is C45H50O6. The van der Waals surface area contributed by atoms with E-state index >= 15 is 0 Å². The summed E-state index contributed by atoms with van der Waals surface area (Å²) in [6, 6.07) is 40.2. The topological polar surface area (TPSA) is 55.4 Å². The highest BCUT2D eigenvalue weighted by Crippen LogP contribution is 2.35. The molecule has 0 unspecified atom stereocenters. The zero-order chi connectivity index (χ0) is 35.2. The monoisotopic (exact) mass is 686 g/mol. The van der Waals surface area contributed by atoms with Crippen molar-refractivity contribution in [2.75, 3.05) is 13.2 Å². The summed E-state index contributed by atoms with van der Waals surface area (Å²) < 4.78 is 39.1. The molecule has 0 amide bonds. The molecule has 0 saturated heterocycles. The first-order valence-electron chi connectivity index (χ1n) is 18.1. The van der Waals surface area contributed by atoms with Gasteiger partial charge in [0, 0.05) is 6.42 Å². The molecule has 1 aliphatic heterocycles. The number of benzene rings is 4. The third kappa shape index (κ3) is 13.0. The lowest BCUT2D eigenvalue weighted by Crippen LogP contribution is -2.31. The molecule has 0 saturated carbocycles. The standard InChI is InChI=1S/C45H50O6/c1-2-3-4-5-6-7-8-9-22-31-47-45-44(50-35-40-29-20-13-21-30-40)43(49-34-39-27-18-12-19-28-39)42(48-33-38-25-16-11-17-26-38)41(51-45)36-46-32-37-23-14-10-15-24-37/h1,10-21,23-30,45H,3-9,22,31-36H2/t45-/m0/s1. The molecule has 4 aromatic rings. The van der Waals surface area contributed by atoms with Crippen LogP contribution in [0.2, 0.25) is 0 Å². The minimum atomic E-state index is -0.845. The number of terminal acetylenes is 1. The maximum Gasteiger partial charge on any atom is 0.262 e. The van der Waals surface area contributed by atoms with E-state index in [1.807, 2.05) is 121 Å². The molecule has 266 valence electrons. The number of ether oxygens (including phenoxy) is 6. The Morgan fingerprint density at radius 3 is 1.47 bits per heavy atom. The van der Waals surface area contributed by atoms with Gasteiger partial charge in [0.25, 0.3) is 6.29 Å². The average Bonchev–Trinajstić information content (AvgIpc) is 3.18. The summed E-state index contributed by atoms with van der Waals surface area (Å²) in [5.41, 5.74) is 4.10. The molecule has 1 heterocycles. The van der Waals surface area contributed by atoms with Crippen molar-refractivity contribution in [2.24, 2.45) is 0 Å². The molecule has 0 bridgehead atoms. The lowest BCUT2D eigenvalue weighted by Gasteiger charge is -2.32. The van der Waals surface area contributed by atoms with Gasteiger partial charge in [0.15, 0.2) is 5.76 Å². The molecule has 6 nitrogen and oxygen atoms in total. The van der Waals surface area contributed by atoms with Gasteiger partial charge in [-0.2, -0.15) is 0 Å². The highest BCUT2D eigenvalue weighted by molar-refractivity contribution is 5.33. The average molecular weight is 687 g/mol. The molecule has 5 rings (SSSR count). The van der Waals surface area contributed by atoms with Crippen LogP contribution in [-0.2, 0) is 54.8 Å². The number of rotatable bonds is 23. The van der Waals surface area contributed by atoms with Crippen LogP contribution in [0, 0.1) is 12.3 Å². The predicted molar refractivity (Wildman–Crippen MR) is 200 cm³/mol.